The van der Waals surface area contributed by atoms with Crippen LogP contribution in [0.4, 0.5) is 10.1 Å². The lowest BCUT2D eigenvalue weighted by Gasteiger charge is -2.15. The Morgan fingerprint density at radius 3 is 2.56 bits per heavy atom. The minimum atomic E-state index is -0.826. The molecule has 0 bridgehead atoms. The third-order valence-corrected chi connectivity index (χ3v) is 4.23. The van der Waals surface area contributed by atoms with Crippen molar-refractivity contribution in [1.82, 2.24) is 9.78 Å². The first-order valence-electron chi connectivity index (χ1n) is 8.16. The van der Waals surface area contributed by atoms with Crippen LogP contribution in [0.3, 0.4) is 0 Å². The largest absolute Gasteiger partial charge is 0.465 e. The van der Waals surface area contributed by atoms with Gasteiger partial charge >= 0.3 is 5.97 Å². The molecule has 2 aromatic rings. The molecule has 1 aromatic carbocycles. The van der Waals surface area contributed by atoms with Gasteiger partial charge in [0, 0.05) is 5.69 Å². The van der Waals surface area contributed by atoms with Gasteiger partial charge in [0.25, 0.3) is 5.91 Å². The monoisotopic (exact) mass is 347 g/mol. The summed E-state index contributed by atoms with van der Waals surface area (Å²) < 4.78 is 20.7. The summed E-state index contributed by atoms with van der Waals surface area (Å²) in [4.78, 5) is 24.1. The zero-order valence-corrected chi connectivity index (χ0v) is 14.8. The number of halogens is 1. The number of rotatable bonds is 6. The van der Waals surface area contributed by atoms with Gasteiger partial charge in [-0.2, -0.15) is 5.10 Å². The first kappa shape index (κ1) is 18.6. The van der Waals surface area contributed by atoms with Crippen LogP contribution in [0, 0.1) is 12.7 Å². The molecule has 1 amide bonds. The SMILES string of the molecule is CCC(CC)n1ncc(C(=O)Nc2cccc(C(=O)OC)c2F)c1C. The Bertz CT molecular complexity index is 782. The number of methoxy groups -OCH3 is 1. The van der Waals surface area contributed by atoms with Crippen molar-refractivity contribution < 1.29 is 18.7 Å². The van der Waals surface area contributed by atoms with E-state index in [1.807, 2.05) is 11.6 Å². The topological polar surface area (TPSA) is 73.2 Å². The highest BCUT2D eigenvalue weighted by Gasteiger charge is 2.21. The Hall–Kier alpha value is -2.70. The van der Waals surface area contributed by atoms with Gasteiger partial charge in [0.2, 0.25) is 0 Å². The third-order valence-electron chi connectivity index (χ3n) is 4.23. The van der Waals surface area contributed by atoms with Gasteiger partial charge in [-0.15, -0.1) is 0 Å². The van der Waals surface area contributed by atoms with Gasteiger partial charge in [0.15, 0.2) is 5.82 Å². The molecule has 0 aliphatic rings. The molecule has 1 aromatic heterocycles. The molecule has 1 N–H and O–H groups in total. The molecule has 1 heterocycles. The molecular formula is C18H22FN3O3. The molecule has 0 saturated heterocycles. The summed E-state index contributed by atoms with van der Waals surface area (Å²) in [5.74, 6) is -2.10. The van der Waals surface area contributed by atoms with Crippen molar-refractivity contribution in [1.29, 1.82) is 0 Å². The van der Waals surface area contributed by atoms with Gasteiger partial charge in [-0.05, 0) is 31.9 Å². The molecule has 0 radical (unpaired) electrons. The molecule has 0 atom stereocenters. The zero-order valence-electron chi connectivity index (χ0n) is 14.8. The second-order valence-corrected chi connectivity index (χ2v) is 5.67. The van der Waals surface area contributed by atoms with E-state index in [4.69, 9.17) is 0 Å². The van der Waals surface area contributed by atoms with Crippen LogP contribution in [-0.4, -0.2) is 28.8 Å². The van der Waals surface area contributed by atoms with Crippen molar-refractivity contribution in [2.75, 3.05) is 12.4 Å². The number of carbonyl (C=O) groups is 2. The highest BCUT2D eigenvalue weighted by molar-refractivity contribution is 6.05. The summed E-state index contributed by atoms with van der Waals surface area (Å²) in [6.45, 7) is 5.92. The molecule has 2 rings (SSSR count). The summed E-state index contributed by atoms with van der Waals surface area (Å²) in [7, 11) is 1.17. The molecule has 0 aliphatic carbocycles. The van der Waals surface area contributed by atoms with E-state index in [0.717, 1.165) is 18.5 Å². The van der Waals surface area contributed by atoms with Crippen molar-refractivity contribution in [3.05, 3.63) is 47.0 Å². The number of aromatic nitrogens is 2. The minimum Gasteiger partial charge on any atom is -0.465 e. The Labute approximate surface area is 146 Å². The van der Waals surface area contributed by atoms with Crippen molar-refractivity contribution in [2.24, 2.45) is 0 Å². The molecule has 0 aliphatic heterocycles. The fourth-order valence-electron chi connectivity index (χ4n) is 2.73. The molecule has 0 fully saturated rings. The summed E-state index contributed by atoms with van der Waals surface area (Å²) in [5.41, 5.74) is 0.776. The van der Waals surface area contributed by atoms with Gasteiger partial charge < -0.3 is 10.1 Å². The highest BCUT2D eigenvalue weighted by atomic mass is 19.1. The van der Waals surface area contributed by atoms with E-state index in [1.54, 1.807) is 0 Å². The predicted molar refractivity (Wildman–Crippen MR) is 92.3 cm³/mol. The van der Waals surface area contributed by atoms with Crippen LogP contribution in [0.2, 0.25) is 0 Å². The average molecular weight is 347 g/mol. The Kier molecular flexibility index (Phi) is 5.90. The van der Waals surface area contributed by atoms with E-state index >= 15 is 0 Å². The average Bonchev–Trinajstić information content (AvgIpc) is 2.99. The molecular weight excluding hydrogens is 325 g/mol. The lowest BCUT2D eigenvalue weighted by molar-refractivity contribution is 0.0595. The van der Waals surface area contributed by atoms with Gasteiger partial charge in [-0.3, -0.25) is 9.48 Å². The van der Waals surface area contributed by atoms with E-state index in [1.165, 1.54) is 31.5 Å². The maximum Gasteiger partial charge on any atom is 0.340 e. The fraction of sp³-hybridized carbons (Fsp3) is 0.389. The summed E-state index contributed by atoms with van der Waals surface area (Å²) in [6, 6.07) is 4.37. The molecule has 0 spiro atoms. The number of ether oxygens (including phenoxy) is 1. The Balaban J connectivity index is 2.28. The van der Waals surface area contributed by atoms with Crippen LogP contribution >= 0.6 is 0 Å². The molecule has 0 unspecified atom stereocenters. The quantitative estimate of drug-likeness (QED) is 0.808. The van der Waals surface area contributed by atoms with Gasteiger partial charge in [0.1, 0.15) is 0 Å². The van der Waals surface area contributed by atoms with E-state index in [2.05, 4.69) is 29.0 Å². The fourth-order valence-corrected chi connectivity index (χ4v) is 2.73. The number of carbonyl (C=O) groups excluding carboxylic acids is 2. The number of hydrogen-bond donors (Lipinski definition) is 1. The Morgan fingerprint density at radius 1 is 1.28 bits per heavy atom. The maximum absolute atomic E-state index is 14.4. The molecule has 134 valence electrons. The van der Waals surface area contributed by atoms with Crippen LogP contribution in [0.25, 0.3) is 0 Å². The number of benzene rings is 1. The smallest absolute Gasteiger partial charge is 0.340 e. The van der Waals surface area contributed by atoms with E-state index in [0.29, 0.717) is 5.56 Å². The van der Waals surface area contributed by atoms with Crippen molar-refractivity contribution >= 4 is 17.6 Å². The zero-order chi connectivity index (χ0) is 18.6. The standard InChI is InChI=1S/C18H22FN3O3/c1-5-12(6-2)22-11(3)14(10-20-22)17(23)21-15-9-7-8-13(16(15)19)18(24)25-4/h7-10,12H,5-6H2,1-4H3,(H,21,23). The summed E-state index contributed by atoms with van der Waals surface area (Å²) in [5, 5.41) is 6.79. The van der Waals surface area contributed by atoms with Gasteiger partial charge in [-0.1, -0.05) is 19.9 Å². The normalized spacial score (nSPS) is 10.8. The second-order valence-electron chi connectivity index (χ2n) is 5.67. The number of anilines is 1. The first-order valence-corrected chi connectivity index (χ1v) is 8.16. The second kappa shape index (κ2) is 7.92. The van der Waals surface area contributed by atoms with Crippen LogP contribution < -0.4 is 5.32 Å². The van der Waals surface area contributed by atoms with Gasteiger partial charge in [0.05, 0.1) is 36.2 Å². The van der Waals surface area contributed by atoms with E-state index in [-0.39, 0.29) is 17.3 Å². The lowest BCUT2D eigenvalue weighted by atomic mass is 10.1. The number of nitrogens with one attached hydrogen (secondary N) is 1. The summed E-state index contributed by atoms with van der Waals surface area (Å²) >= 11 is 0. The lowest BCUT2D eigenvalue weighted by Crippen LogP contribution is -2.17. The van der Waals surface area contributed by atoms with Crippen LogP contribution in [0.5, 0.6) is 0 Å². The van der Waals surface area contributed by atoms with E-state index < -0.39 is 17.7 Å². The number of nitrogens with zero attached hydrogens (tertiary/aromatic N) is 2. The third kappa shape index (κ3) is 3.70. The van der Waals surface area contributed by atoms with Crippen molar-refractivity contribution in [3.8, 4) is 0 Å². The predicted octanol–water partition coefficient (Wildman–Crippen LogP) is 3.73. The molecule has 6 nitrogen and oxygen atoms in total. The number of amides is 1. The first-order chi connectivity index (χ1) is 11.9. The number of esters is 1. The van der Waals surface area contributed by atoms with Crippen molar-refractivity contribution in [2.45, 2.75) is 39.7 Å². The number of hydrogen-bond acceptors (Lipinski definition) is 4. The minimum absolute atomic E-state index is 0.0809. The van der Waals surface area contributed by atoms with E-state index in [9.17, 15) is 14.0 Å². The molecule has 7 heteroatoms. The Morgan fingerprint density at radius 2 is 1.96 bits per heavy atom. The van der Waals surface area contributed by atoms with Crippen LogP contribution in [0.1, 0.15) is 59.1 Å². The van der Waals surface area contributed by atoms with Gasteiger partial charge in [-0.25, -0.2) is 9.18 Å². The van der Waals surface area contributed by atoms with Crippen LogP contribution in [0.15, 0.2) is 24.4 Å². The summed E-state index contributed by atoms with van der Waals surface area (Å²) in [6.07, 6.45) is 3.27. The van der Waals surface area contributed by atoms with Crippen molar-refractivity contribution in [3.63, 3.8) is 0 Å². The highest BCUT2D eigenvalue weighted by Crippen LogP contribution is 2.22. The molecule has 0 saturated carbocycles. The van der Waals surface area contributed by atoms with Crippen LogP contribution in [-0.2, 0) is 4.74 Å². The molecule has 25 heavy (non-hydrogen) atoms. The maximum atomic E-state index is 14.4.